The van der Waals surface area contributed by atoms with E-state index in [0.29, 0.717) is 17.2 Å². The van der Waals surface area contributed by atoms with E-state index in [9.17, 15) is 18.0 Å². The Labute approximate surface area is 144 Å². The van der Waals surface area contributed by atoms with Crippen molar-refractivity contribution < 1.29 is 32.2 Å². The molecule has 0 radical (unpaired) electrons. The summed E-state index contributed by atoms with van der Waals surface area (Å²) in [6, 6.07) is 5.31. The third kappa shape index (κ3) is 4.40. The number of ether oxygens (including phenoxy) is 3. The number of carbonyl (C=O) groups excluding carboxylic acids is 1. The molecular weight excluding hydrogens is 361 g/mol. The molecule has 1 aliphatic heterocycles. The summed E-state index contributed by atoms with van der Waals surface area (Å²) in [4.78, 5) is 16.1. The molecular formula is C15H13F3N2O4S. The molecule has 0 bridgehead atoms. The van der Waals surface area contributed by atoms with E-state index in [4.69, 9.17) is 9.47 Å². The molecule has 0 fully saturated rings. The van der Waals surface area contributed by atoms with Crippen LogP contribution < -0.4 is 14.8 Å². The largest absolute Gasteiger partial charge is 0.454 e. The van der Waals surface area contributed by atoms with Gasteiger partial charge in [-0.1, -0.05) is 0 Å². The van der Waals surface area contributed by atoms with Gasteiger partial charge < -0.3 is 14.2 Å². The quantitative estimate of drug-likeness (QED) is 0.868. The summed E-state index contributed by atoms with van der Waals surface area (Å²) < 4.78 is 51.3. The van der Waals surface area contributed by atoms with Gasteiger partial charge in [-0.15, -0.1) is 11.3 Å². The maximum atomic E-state index is 12.1. The van der Waals surface area contributed by atoms with E-state index in [2.05, 4.69) is 15.0 Å². The summed E-state index contributed by atoms with van der Waals surface area (Å²) in [5, 5.41) is 4.42. The van der Waals surface area contributed by atoms with E-state index < -0.39 is 24.8 Å². The van der Waals surface area contributed by atoms with E-state index in [0.717, 1.165) is 16.9 Å². The molecule has 6 nitrogen and oxygen atoms in total. The number of carbonyl (C=O) groups is 1. The first-order valence-corrected chi connectivity index (χ1v) is 8.04. The van der Waals surface area contributed by atoms with Crippen LogP contribution in [0.3, 0.4) is 0 Å². The molecule has 1 unspecified atom stereocenters. The summed E-state index contributed by atoms with van der Waals surface area (Å²) in [7, 11) is 0. The fraction of sp³-hybridized carbons (Fsp3) is 0.333. The first-order chi connectivity index (χ1) is 11.8. The summed E-state index contributed by atoms with van der Waals surface area (Å²) in [5.74, 6) is 0.546. The number of thiazole rings is 1. The highest BCUT2D eigenvalue weighted by molar-refractivity contribution is 7.14. The van der Waals surface area contributed by atoms with Crippen LogP contribution in [-0.2, 0) is 9.53 Å². The van der Waals surface area contributed by atoms with Crippen LogP contribution in [0.2, 0.25) is 0 Å². The Morgan fingerprint density at radius 1 is 1.40 bits per heavy atom. The monoisotopic (exact) mass is 374 g/mol. The molecule has 1 aromatic heterocycles. The molecule has 134 valence electrons. The van der Waals surface area contributed by atoms with Gasteiger partial charge in [0.05, 0.1) is 5.69 Å². The Kier molecular flexibility index (Phi) is 4.82. The lowest BCUT2D eigenvalue weighted by atomic mass is 10.1. The lowest BCUT2D eigenvalue weighted by Gasteiger charge is -2.13. The lowest BCUT2D eigenvalue weighted by Crippen LogP contribution is -2.31. The minimum absolute atomic E-state index is 0.160. The van der Waals surface area contributed by atoms with Crippen LogP contribution >= 0.6 is 11.3 Å². The highest BCUT2D eigenvalue weighted by atomic mass is 32.1. The van der Waals surface area contributed by atoms with Crippen molar-refractivity contribution in [1.29, 1.82) is 0 Å². The van der Waals surface area contributed by atoms with Gasteiger partial charge in [-0.2, -0.15) is 13.2 Å². The number of rotatable bonds is 5. The van der Waals surface area contributed by atoms with E-state index in [1.54, 1.807) is 23.6 Å². The third-order valence-electron chi connectivity index (χ3n) is 3.27. The number of fused-ring (bicyclic) bond motifs is 1. The molecule has 0 spiro atoms. The Bertz CT molecular complexity index is 778. The molecule has 2 aromatic rings. The zero-order valence-corrected chi connectivity index (χ0v) is 13.7. The van der Waals surface area contributed by atoms with Gasteiger partial charge in [0.15, 0.2) is 16.6 Å². The van der Waals surface area contributed by atoms with Gasteiger partial charge in [-0.25, -0.2) is 4.98 Å². The molecule has 0 saturated carbocycles. The Balaban J connectivity index is 1.62. The molecule has 1 N–H and O–H groups in total. The number of nitrogens with one attached hydrogen (secondary N) is 1. The van der Waals surface area contributed by atoms with Gasteiger partial charge in [-0.3, -0.25) is 10.1 Å². The summed E-state index contributed by atoms with van der Waals surface area (Å²) >= 11 is 1.15. The second kappa shape index (κ2) is 6.89. The van der Waals surface area contributed by atoms with Crippen LogP contribution in [0.15, 0.2) is 23.6 Å². The van der Waals surface area contributed by atoms with Crippen LogP contribution in [0.5, 0.6) is 11.5 Å². The number of hydrogen-bond donors (Lipinski definition) is 1. The molecule has 1 amide bonds. The van der Waals surface area contributed by atoms with Crippen molar-refractivity contribution in [3.05, 3.63) is 23.6 Å². The van der Waals surface area contributed by atoms with Crippen molar-refractivity contribution in [2.24, 2.45) is 0 Å². The van der Waals surface area contributed by atoms with Crippen LogP contribution in [0.25, 0.3) is 11.3 Å². The van der Waals surface area contributed by atoms with Gasteiger partial charge in [0.2, 0.25) is 6.79 Å². The van der Waals surface area contributed by atoms with Gasteiger partial charge >= 0.3 is 6.18 Å². The Morgan fingerprint density at radius 3 is 2.92 bits per heavy atom. The van der Waals surface area contributed by atoms with Crippen LogP contribution in [0, 0.1) is 0 Å². The van der Waals surface area contributed by atoms with Crippen molar-refractivity contribution in [3.8, 4) is 22.8 Å². The Morgan fingerprint density at radius 2 is 2.16 bits per heavy atom. The number of nitrogens with zero attached hydrogens (tertiary/aromatic N) is 1. The highest BCUT2D eigenvalue weighted by Gasteiger charge is 2.30. The standard InChI is InChI=1S/C15H13F3N2O4S/c1-8(22-6-15(16,17)18)13(21)20-14-19-10(5-25-14)9-2-3-11-12(4-9)24-7-23-11/h2-5,8H,6-7H2,1H3,(H,19,20,21). The predicted octanol–water partition coefficient (Wildman–Crippen LogP) is 3.44. The first kappa shape index (κ1) is 17.5. The predicted molar refractivity (Wildman–Crippen MR) is 83.8 cm³/mol. The summed E-state index contributed by atoms with van der Waals surface area (Å²) in [5.41, 5.74) is 1.37. The Hall–Kier alpha value is -2.33. The fourth-order valence-corrected chi connectivity index (χ4v) is 2.74. The van der Waals surface area contributed by atoms with E-state index in [1.165, 1.54) is 6.92 Å². The van der Waals surface area contributed by atoms with E-state index >= 15 is 0 Å². The van der Waals surface area contributed by atoms with Crippen molar-refractivity contribution >= 4 is 22.4 Å². The molecule has 1 aliphatic rings. The molecule has 0 aliphatic carbocycles. The van der Waals surface area contributed by atoms with Crippen molar-refractivity contribution in [2.75, 3.05) is 18.7 Å². The number of halogens is 3. The molecule has 1 aromatic carbocycles. The molecule has 3 rings (SSSR count). The second-order valence-corrected chi connectivity index (χ2v) is 6.02. The normalized spacial score (nSPS) is 14.4. The zero-order valence-electron chi connectivity index (χ0n) is 12.9. The third-order valence-corrected chi connectivity index (χ3v) is 4.03. The fourth-order valence-electron chi connectivity index (χ4n) is 2.02. The van der Waals surface area contributed by atoms with Crippen LogP contribution in [-0.4, -0.2) is 36.6 Å². The highest BCUT2D eigenvalue weighted by Crippen LogP contribution is 2.36. The van der Waals surface area contributed by atoms with Crippen LogP contribution in [0.4, 0.5) is 18.3 Å². The molecule has 1 atom stereocenters. The molecule has 2 heterocycles. The van der Waals surface area contributed by atoms with Gasteiger partial charge in [0.1, 0.15) is 12.7 Å². The second-order valence-electron chi connectivity index (χ2n) is 5.16. The molecule has 25 heavy (non-hydrogen) atoms. The first-order valence-electron chi connectivity index (χ1n) is 7.16. The number of alkyl halides is 3. The van der Waals surface area contributed by atoms with Gasteiger partial charge in [-0.05, 0) is 25.1 Å². The van der Waals surface area contributed by atoms with E-state index in [1.807, 2.05) is 0 Å². The smallest absolute Gasteiger partial charge is 0.411 e. The van der Waals surface area contributed by atoms with Gasteiger partial charge in [0, 0.05) is 10.9 Å². The van der Waals surface area contributed by atoms with Gasteiger partial charge in [0.25, 0.3) is 5.91 Å². The summed E-state index contributed by atoms with van der Waals surface area (Å²) in [6.45, 7) is -0.0810. The molecule has 10 heteroatoms. The van der Waals surface area contributed by atoms with Crippen LogP contribution in [0.1, 0.15) is 6.92 Å². The SMILES string of the molecule is CC(OCC(F)(F)F)C(=O)Nc1nc(-c2ccc3c(c2)OCO3)cs1. The number of anilines is 1. The van der Waals surface area contributed by atoms with Crippen molar-refractivity contribution in [2.45, 2.75) is 19.2 Å². The van der Waals surface area contributed by atoms with Crippen molar-refractivity contribution in [1.82, 2.24) is 4.98 Å². The minimum atomic E-state index is -4.48. The average Bonchev–Trinajstić information content (AvgIpc) is 3.19. The minimum Gasteiger partial charge on any atom is -0.454 e. The van der Waals surface area contributed by atoms with Crippen molar-refractivity contribution in [3.63, 3.8) is 0 Å². The maximum Gasteiger partial charge on any atom is 0.411 e. The zero-order chi connectivity index (χ0) is 18.0. The number of benzene rings is 1. The lowest BCUT2D eigenvalue weighted by molar-refractivity contribution is -0.184. The average molecular weight is 374 g/mol. The number of amides is 1. The molecule has 0 saturated heterocycles. The van der Waals surface area contributed by atoms with E-state index in [-0.39, 0.29) is 11.9 Å². The number of hydrogen-bond acceptors (Lipinski definition) is 6. The maximum absolute atomic E-state index is 12.1. The topological polar surface area (TPSA) is 69.7 Å². The summed E-state index contributed by atoms with van der Waals surface area (Å²) in [6.07, 6.45) is -5.73. The number of aromatic nitrogens is 1.